The minimum Gasteiger partial charge on any atom is -0.318 e. The highest BCUT2D eigenvalue weighted by molar-refractivity contribution is 8.18. The van der Waals surface area contributed by atoms with Gasteiger partial charge in [0.2, 0.25) is 0 Å². The van der Waals surface area contributed by atoms with Crippen molar-refractivity contribution < 1.29 is 9.18 Å². The van der Waals surface area contributed by atoms with Crippen molar-refractivity contribution in [1.29, 1.82) is 0 Å². The molecule has 0 saturated carbocycles. The van der Waals surface area contributed by atoms with Crippen molar-refractivity contribution in [1.82, 2.24) is 9.88 Å². The van der Waals surface area contributed by atoms with E-state index in [1.165, 1.54) is 23.9 Å². The van der Waals surface area contributed by atoms with Gasteiger partial charge in [-0.05, 0) is 92.2 Å². The predicted octanol–water partition coefficient (Wildman–Crippen LogP) is 6.09. The minimum atomic E-state index is -0.326. The second-order valence-electron chi connectivity index (χ2n) is 7.05. The van der Waals surface area contributed by atoms with Crippen LogP contribution in [-0.4, -0.2) is 15.6 Å². The van der Waals surface area contributed by atoms with E-state index in [-0.39, 0.29) is 11.7 Å². The number of thioether (sulfide) groups is 1. The van der Waals surface area contributed by atoms with Gasteiger partial charge in [0.25, 0.3) is 5.91 Å². The molecule has 1 aromatic heterocycles. The topological polar surface area (TPSA) is 46.4 Å². The number of benzene rings is 2. The molecule has 0 atom stereocenters. The van der Waals surface area contributed by atoms with Gasteiger partial charge in [0.05, 0.1) is 10.6 Å². The lowest BCUT2D eigenvalue weighted by Crippen LogP contribution is -2.19. The molecule has 0 spiro atoms. The molecule has 152 valence electrons. The first-order valence-electron chi connectivity index (χ1n) is 9.32. The van der Waals surface area contributed by atoms with Crippen molar-refractivity contribution >= 4 is 46.2 Å². The second kappa shape index (κ2) is 8.13. The molecule has 2 heterocycles. The van der Waals surface area contributed by atoms with E-state index in [4.69, 9.17) is 11.6 Å². The maximum Gasteiger partial charge on any atom is 0.264 e. The zero-order valence-corrected chi connectivity index (χ0v) is 18.2. The predicted molar refractivity (Wildman–Crippen MR) is 122 cm³/mol. The number of rotatable bonds is 3. The Morgan fingerprint density at radius 3 is 2.57 bits per heavy atom. The molecule has 1 aliphatic heterocycles. The lowest BCUT2D eigenvalue weighted by molar-refractivity contribution is -0.115. The van der Waals surface area contributed by atoms with Crippen LogP contribution in [0.1, 0.15) is 22.5 Å². The molecule has 0 bridgehead atoms. The number of aliphatic imine (C=N–C) groups is 1. The fourth-order valence-corrected chi connectivity index (χ4v) is 4.38. The third kappa shape index (κ3) is 4.06. The highest BCUT2D eigenvalue weighted by atomic mass is 35.5. The van der Waals surface area contributed by atoms with Gasteiger partial charge in [-0.1, -0.05) is 17.7 Å². The van der Waals surface area contributed by atoms with Crippen molar-refractivity contribution in [2.45, 2.75) is 20.8 Å². The maximum absolute atomic E-state index is 13.1. The summed E-state index contributed by atoms with van der Waals surface area (Å²) in [5.41, 5.74) is 5.73. The Bertz CT molecular complexity index is 1210. The van der Waals surface area contributed by atoms with Crippen molar-refractivity contribution in [3.05, 3.63) is 86.8 Å². The Balaban J connectivity index is 1.66. The Hall–Kier alpha value is -2.83. The van der Waals surface area contributed by atoms with E-state index in [2.05, 4.69) is 14.9 Å². The number of carbonyl (C=O) groups excluding carboxylic acids is 1. The Morgan fingerprint density at radius 2 is 1.83 bits per heavy atom. The molecular formula is C23H19ClFN3OS. The number of amides is 1. The van der Waals surface area contributed by atoms with E-state index in [0.29, 0.717) is 20.8 Å². The highest BCUT2D eigenvalue weighted by Crippen LogP contribution is 2.31. The Kier molecular flexibility index (Phi) is 5.54. The van der Waals surface area contributed by atoms with Crippen molar-refractivity contribution in [2.24, 2.45) is 4.99 Å². The number of carbonyl (C=O) groups is 1. The van der Waals surface area contributed by atoms with E-state index < -0.39 is 0 Å². The van der Waals surface area contributed by atoms with Crippen LogP contribution in [0.25, 0.3) is 11.8 Å². The molecule has 1 amide bonds. The van der Waals surface area contributed by atoms with Gasteiger partial charge in [0.1, 0.15) is 5.82 Å². The number of halogens is 2. The summed E-state index contributed by atoms with van der Waals surface area (Å²) < 4.78 is 15.2. The molecule has 2 aromatic carbocycles. The summed E-state index contributed by atoms with van der Waals surface area (Å²) >= 11 is 7.47. The van der Waals surface area contributed by atoms with Crippen molar-refractivity contribution in [2.75, 3.05) is 0 Å². The fourth-order valence-electron chi connectivity index (χ4n) is 3.38. The Labute approximate surface area is 183 Å². The molecule has 0 radical (unpaired) electrons. The molecule has 7 heteroatoms. The second-order valence-corrected chi connectivity index (χ2v) is 8.52. The quantitative estimate of drug-likeness (QED) is 0.502. The zero-order valence-electron chi connectivity index (χ0n) is 16.7. The number of hydrogen-bond acceptors (Lipinski definition) is 3. The first-order valence-corrected chi connectivity index (χ1v) is 10.5. The number of aromatic nitrogens is 1. The van der Waals surface area contributed by atoms with Gasteiger partial charge in [0, 0.05) is 22.1 Å². The molecule has 30 heavy (non-hydrogen) atoms. The van der Waals surface area contributed by atoms with E-state index in [1.54, 1.807) is 12.1 Å². The number of aryl methyl sites for hydroxylation is 2. The highest BCUT2D eigenvalue weighted by Gasteiger charge is 2.24. The summed E-state index contributed by atoms with van der Waals surface area (Å²) in [5, 5.41) is 3.91. The van der Waals surface area contributed by atoms with Crippen LogP contribution in [0.4, 0.5) is 10.1 Å². The van der Waals surface area contributed by atoms with E-state index in [9.17, 15) is 9.18 Å². The normalized spacial score (nSPS) is 16.5. The Morgan fingerprint density at radius 1 is 1.10 bits per heavy atom. The smallest absolute Gasteiger partial charge is 0.264 e. The zero-order chi connectivity index (χ0) is 21.4. The molecule has 1 saturated heterocycles. The molecule has 3 aromatic rings. The van der Waals surface area contributed by atoms with E-state index in [1.807, 2.05) is 51.1 Å². The SMILES string of the molecule is Cc1ccc(Cl)cc1-n1c(C)cc(/C=C2/SC(=Nc3ccc(F)cc3)NC2=O)c1C. The lowest BCUT2D eigenvalue weighted by Gasteiger charge is -2.13. The number of nitrogens with one attached hydrogen (secondary N) is 1. The van der Waals surface area contributed by atoms with Gasteiger partial charge in [-0.25, -0.2) is 9.38 Å². The van der Waals surface area contributed by atoms with Gasteiger partial charge in [-0.15, -0.1) is 0 Å². The average molecular weight is 440 g/mol. The summed E-state index contributed by atoms with van der Waals surface area (Å²) in [6, 6.07) is 13.7. The van der Waals surface area contributed by atoms with Crippen LogP contribution < -0.4 is 5.32 Å². The van der Waals surface area contributed by atoms with Crippen LogP contribution in [0.2, 0.25) is 5.02 Å². The van der Waals surface area contributed by atoms with Crippen LogP contribution in [0.3, 0.4) is 0 Å². The molecule has 4 nitrogen and oxygen atoms in total. The lowest BCUT2D eigenvalue weighted by atomic mass is 10.2. The fraction of sp³-hybridized carbons (Fsp3) is 0.130. The van der Waals surface area contributed by atoms with Crippen LogP contribution in [0.5, 0.6) is 0 Å². The third-order valence-electron chi connectivity index (χ3n) is 4.88. The molecular weight excluding hydrogens is 421 g/mol. The summed E-state index contributed by atoms with van der Waals surface area (Å²) in [6.45, 7) is 6.09. The van der Waals surface area contributed by atoms with Gasteiger partial charge < -0.3 is 9.88 Å². The van der Waals surface area contributed by atoms with Crippen molar-refractivity contribution in [3.8, 4) is 5.69 Å². The van der Waals surface area contributed by atoms with E-state index >= 15 is 0 Å². The van der Waals surface area contributed by atoms with Gasteiger partial charge >= 0.3 is 0 Å². The summed E-state index contributed by atoms with van der Waals surface area (Å²) in [4.78, 5) is 17.4. The van der Waals surface area contributed by atoms with Gasteiger partial charge in [-0.2, -0.15) is 0 Å². The van der Waals surface area contributed by atoms with Crippen LogP contribution in [0, 0.1) is 26.6 Å². The van der Waals surface area contributed by atoms with E-state index in [0.717, 1.165) is 28.2 Å². The molecule has 1 fully saturated rings. The first kappa shape index (κ1) is 20.4. The first-order chi connectivity index (χ1) is 14.3. The average Bonchev–Trinajstić information content (AvgIpc) is 3.18. The van der Waals surface area contributed by atoms with Crippen molar-refractivity contribution in [3.63, 3.8) is 0 Å². The minimum absolute atomic E-state index is 0.204. The van der Waals surface area contributed by atoms with Crippen LogP contribution in [0.15, 0.2) is 58.4 Å². The van der Waals surface area contributed by atoms with Crippen LogP contribution >= 0.6 is 23.4 Å². The van der Waals surface area contributed by atoms with Gasteiger partial charge in [0.15, 0.2) is 5.17 Å². The molecule has 0 unspecified atom stereocenters. The summed E-state index contributed by atoms with van der Waals surface area (Å²) in [6.07, 6.45) is 1.87. The maximum atomic E-state index is 13.1. The molecule has 1 aliphatic rings. The number of hydrogen-bond donors (Lipinski definition) is 1. The number of amidine groups is 1. The standard InChI is InChI=1S/C23H19ClFN3OS/c1-13-4-5-17(24)12-20(13)28-14(2)10-16(15(28)3)11-21-22(29)27-23(30-21)26-19-8-6-18(25)7-9-19/h4-12H,1-3H3,(H,26,27,29)/b21-11+. The molecule has 4 rings (SSSR count). The summed E-state index contributed by atoms with van der Waals surface area (Å²) in [7, 11) is 0. The largest absolute Gasteiger partial charge is 0.318 e. The number of nitrogens with zero attached hydrogens (tertiary/aromatic N) is 2. The summed E-state index contributed by atoms with van der Waals surface area (Å²) in [5.74, 6) is -0.530. The monoisotopic (exact) mass is 439 g/mol. The molecule has 0 aliphatic carbocycles. The van der Waals surface area contributed by atoms with Crippen LogP contribution in [-0.2, 0) is 4.79 Å². The third-order valence-corrected chi connectivity index (χ3v) is 6.02. The van der Waals surface area contributed by atoms with Gasteiger partial charge in [-0.3, -0.25) is 4.79 Å². The molecule has 1 N–H and O–H groups in total.